The normalized spacial score (nSPS) is 19.8. The van der Waals surface area contributed by atoms with Crippen molar-refractivity contribution < 1.29 is 9.32 Å². The number of ketones is 1. The van der Waals surface area contributed by atoms with Crippen LogP contribution in [0.25, 0.3) is 11.5 Å². The fraction of sp³-hybridized carbons (Fsp3) is 0.538. The average Bonchev–Trinajstić information content (AvgIpc) is 3.01. The van der Waals surface area contributed by atoms with Gasteiger partial charge in [-0.15, -0.1) is 0 Å². The highest BCUT2D eigenvalue weighted by Gasteiger charge is 2.25. The molecule has 1 fully saturated rings. The maximum absolute atomic E-state index is 11.8. The summed E-state index contributed by atoms with van der Waals surface area (Å²) in [7, 11) is 1.88. The monoisotopic (exact) mass is 260 g/mol. The van der Waals surface area contributed by atoms with Crippen molar-refractivity contribution in [2.45, 2.75) is 32.1 Å². The summed E-state index contributed by atoms with van der Waals surface area (Å²) in [5, 5.41) is 3.95. The zero-order valence-corrected chi connectivity index (χ0v) is 10.9. The quantitative estimate of drug-likeness (QED) is 0.840. The van der Waals surface area contributed by atoms with Gasteiger partial charge in [-0.3, -0.25) is 4.79 Å². The maximum Gasteiger partial charge on any atom is 0.227 e. The Morgan fingerprint density at radius 1 is 1.47 bits per heavy atom. The van der Waals surface area contributed by atoms with E-state index in [-0.39, 0.29) is 5.92 Å². The Balaban J connectivity index is 1.75. The van der Waals surface area contributed by atoms with Crippen molar-refractivity contribution in [1.82, 2.24) is 19.7 Å². The predicted octanol–water partition coefficient (Wildman–Crippen LogP) is 1.77. The molecule has 1 aliphatic carbocycles. The first-order valence-corrected chi connectivity index (χ1v) is 6.56. The van der Waals surface area contributed by atoms with E-state index in [1.807, 2.05) is 11.6 Å². The molecule has 0 amide bonds. The van der Waals surface area contributed by atoms with Gasteiger partial charge in [0.1, 0.15) is 11.5 Å². The van der Waals surface area contributed by atoms with Gasteiger partial charge in [-0.25, -0.2) is 4.98 Å². The molecule has 0 spiro atoms. The topological polar surface area (TPSA) is 73.8 Å². The van der Waals surface area contributed by atoms with Gasteiger partial charge in [0.25, 0.3) is 0 Å². The molecule has 2 heterocycles. The highest BCUT2D eigenvalue weighted by Crippen LogP contribution is 2.24. The summed E-state index contributed by atoms with van der Waals surface area (Å²) in [5.74, 6) is 1.44. The Kier molecular flexibility index (Phi) is 3.15. The van der Waals surface area contributed by atoms with Crippen molar-refractivity contribution in [1.29, 1.82) is 0 Å². The predicted molar refractivity (Wildman–Crippen MR) is 67.2 cm³/mol. The minimum Gasteiger partial charge on any atom is -0.339 e. The molecule has 1 saturated carbocycles. The third-order valence-electron chi connectivity index (χ3n) is 3.62. The van der Waals surface area contributed by atoms with E-state index in [4.69, 9.17) is 4.52 Å². The summed E-state index contributed by atoms with van der Waals surface area (Å²) < 4.78 is 7.07. The van der Waals surface area contributed by atoms with Crippen LogP contribution < -0.4 is 0 Å². The molecular weight excluding hydrogens is 244 g/mol. The number of rotatable bonds is 3. The molecule has 6 heteroatoms. The third-order valence-corrected chi connectivity index (χ3v) is 3.62. The smallest absolute Gasteiger partial charge is 0.227 e. The fourth-order valence-corrected chi connectivity index (χ4v) is 2.50. The summed E-state index contributed by atoms with van der Waals surface area (Å²) in [6, 6.07) is 0. The lowest BCUT2D eigenvalue weighted by Crippen LogP contribution is -2.21. The van der Waals surface area contributed by atoms with E-state index in [0.29, 0.717) is 30.3 Å². The molecule has 3 rings (SSSR count). The Bertz CT molecular complexity index is 587. The van der Waals surface area contributed by atoms with Gasteiger partial charge in [0.05, 0.1) is 12.5 Å². The van der Waals surface area contributed by atoms with E-state index in [1.165, 1.54) is 0 Å². The number of hydrogen-bond donors (Lipinski definition) is 0. The molecule has 2 aromatic heterocycles. The first-order chi connectivity index (χ1) is 9.24. The second-order valence-corrected chi connectivity index (χ2v) is 5.01. The summed E-state index contributed by atoms with van der Waals surface area (Å²) in [4.78, 5) is 20.2. The van der Waals surface area contributed by atoms with Crippen LogP contribution in [0.5, 0.6) is 0 Å². The van der Waals surface area contributed by atoms with Crippen molar-refractivity contribution in [2.75, 3.05) is 0 Å². The molecule has 0 bridgehead atoms. The molecule has 6 nitrogen and oxygen atoms in total. The van der Waals surface area contributed by atoms with Crippen LogP contribution in [0.4, 0.5) is 0 Å². The molecular formula is C13H16N4O2. The summed E-state index contributed by atoms with van der Waals surface area (Å²) in [5.41, 5.74) is 0.810. The highest BCUT2D eigenvalue weighted by molar-refractivity contribution is 5.81. The summed E-state index contributed by atoms with van der Waals surface area (Å²) in [6.45, 7) is 0. The second-order valence-electron chi connectivity index (χ2n) is 5.01. The second kappa shape index (κ2) is 4.95. The van der Waals surface area contributed by atoms with Crippen LogP contribution in [-0.4, -0.2) is 25.5 Å². The number of aromatic nitrogens is 4. The van der Waals surface area contributed by atoms with Crippen molar-refractivity contribution in [3.05, 3.63) is 18.4 Å². The third kappa shape index (κ3) is 2.43. The van der Waals surface area contributed by atoms with Gasteiger partial charge in [-0.2, -0.15) is 4.98 Å². The molecule has 1 atom stereocenters. The molecule has 0 radical (unpaired) electrons. The van der Waals surface area contributed by atoms with Crippen LogP contribution in [-0.2, 0) is 18.3 Å². The van der Waals surface area contributed by atoms with Crippen LogP contribution in [0.15, 0.2) is 17.0 Å². The number of Topliss-reactive ketones (excluding diaryl/α,β-unsaturated/α-hetero) is 1. The number of carbonyl (C=O) groups is 1. The minimum atomic E-state index is 0.0496. The molecule has 0 N–H and O–H groups in total. The maximum atomic E-state index is 11.8. The zero-order valence-electron chi connectivity index (χ0n) is 10.9. The van der Waals surface area contributed by atoms with Gasteiger partial charge in [0, 0.05) is 25.8 Å². The van der Waals surface area contributed by atoms with Gasteiger partial charge in [-0.1, -0.05) is 11.6 Å². The Hall–Kier alpha value is -1.98. The van der Waals surface area contributed by atoms with Gasteiger partial charge in [0.2, 0.25) is 11.7 Å². The molecule has 1 aliphatic rings. The lowest BCUT2D eigenvalue weighted by atomic mass is 9.86. The molecule has 19 heavy (non-hydrogen) atoms. The fourth-order valence-electron chi connectivity index (χ4n) is 2.50. The largest absolute Gasteiger partial charge is 0.339 e. The van der Waals surface area contributed by atoms with Crippen LogP contribution in [0.2, 0.25) is 0 Å². The van der Waals surface area contributed by atoms with Crippen molar-refractivity contribution in [3.8, 4) is 11.5 Å². The van der Waals surface area contributed by atoms with Crippen LogP contribution in [0.3, 0.4) is 0 Å². The highest BCUT2D eigenvalue weighted by atomic mass is 16.5. The van der Waals surface area contributed by atoms with Gasteiger partial charge in [-0.05, 0) is 12.8 Å². The standard InChI is InChI=1S/C13H16N4O2/c1-17-8-14-7-10(17)13-15-12(19-16-13)6-9-4-2-3-5-11(9)18/h7-9H,2-6H2,1H3. The SMILES string of the molecule is Cn1cncc1-c1noc(CC2CCCCC2=O)n1. The van der Waals surface area contributed by atoms with Crippen LogP contribution in [0.1, 0.15) is 31.6 Å². The van der Waals surface area contributed by atoms with E-state index < -0.39 is 0 Å². The molecule has 0 saturated heterocycles. The van der Waals surface area contributed by atoms with E-state index in [0.717, 1.165) is 25.0 Å². The Morgan fingerprint density at radius 3 is 3.11 bits per heavy atom. The molecule has 0 aromatic carbocycles. The molecule has 0 aliphatic heterocycles. The van der Waals surface area contributed by atoms with Gasteiger partial charge < -0.3 is 9.09 Å². The van der Waals surface area contributed by atoms with Crippen LogP contribution >= 0.6 is 0 Å². The van der Waals surface area contributed by atoms with Crippen molar-refractivity contribution >= 4 is 5.78 Å². The summed E-state index contributed by atoms with van der Waals surface area (Å²) in [6.07, 6.45) is 7.69. The number of carbonyl (C=O) groups excluding carboxylic acids is 1. The van der Waals surface area contributed by atoms with Gasteiger partial charge in [0.15, 0.2) is 0 Å². The molecule has 100 valence electrons. The minimum absolute atomic E-state index is 0.0496. The summed E-state index contributed by atoms with van der Waals surface area (Å²) >= 11 is 0. The number of aryl methyl sites for hydroxylation is 1. The van der Waals surface area contributed by atoms with Crippen molar-refractivity contribution in [3.63, 3.8) is 0 Å². The van der Waals surface area contributed by atoms with E-state index in [1.54, 1.807) is 12.5 Å². The number of nitrogens with zero attached hydrogens (tertiary/aromatic N) is 4. The average molecular weight is 260 g/mol. The molecule has 1 unspecified atom stereocenters. The Morgan fingerprint density at radius 2 is 2.37 bits per heavy atom. The zero-order chi connectivity index (χ0) is 13.2. The lowest BCUT2D eigenvalue weighted by molar-refractivity contribution is -0.124. The number of hydrogen-bond acceptors (Lipinski definition) is 5. The van der Waals surface area contributed by atoms with E-state index in [2.05, 4.69) is 15.1 Å². The van der Waals surface area contributed by atoms with E-state index >= 15 is 0 Å². The first kappa shape index (κ1) is 12.1. The van der Waals surface area contributed by atoms with Crippen molar-refractivity contribution in [2.24, 2.45) is 13.0 Å². The first-order valence-electron chi connectivity index (χ1n) is 6.56. The Labute approximate surface area is 110 Å². The molecule has 2 aromatic rings. The van der Waals surface area contributed by atoms with E-state index in [9.17, 15) is 4.79 Å². The van der Waals surface area contributed by atoms with Gasteiger partial charge >= 0.3 is 0 Å². The van der Waals surface area contributed by atoms with Crippen LogP contribution in [0, 0.1) is 5.92 Å². The number of imidazole rings is 1. The lowest BCUT2D eigenvalue weighted by Gasteiger charge is -2.18.